The van der Waals surface area contributed by atoms with Gasteiger partial charge in [-0.05, 0) is 18.2 Å². The number of nitrogens with zero attached hydrogens (tertiary/aromatic N) is 3. The topological polar surface area (TPSA) is 51.8 Å². The first kappa shape index (κ1) is 17.2. The van der Waals surface area contributed by atoms with Crippen LogP contribution in [0.25, 0.3) is 34.1 Å². The zero-order valence-corrected chi connectivity index (χ0v) is 15.7. The molecule has 2 aromatic carbocycles. The van der Waals surface area contributed by atoms with Gasteiger partial charge in [0, 0.05) is 22.1 Å². The molecule has 4 heteroatoms. The summed E-state index contributed by atoms with van der Waals surface area (Å²) in [5, 5.41) is 0. The maximum Gasteiger partial charge on any atom is 0.163 e. The van der Waals surface area contributed by atoms with Gasteiger partial charge in [0.15, 0.2) is 11.6 Å². The fourth-order valence-corrected chi connectivity index (χ4v) is 2.81. The molecule has 0 unspecified atom stereocenters. The van der Waals surface area contributed by atoms with Gasteiger partial charge in [-0.3, -0.25) is 0 Å². The van der Waals surface area contributed by atoms with Crippen LogP contribution in [0.1, 0.15) is 26.6 Å². The van der Waals surface area contributed by atoms with Gasteiger partial charge in [0.2, 0.25) is 0 Å². The SMILES string of the molecule is CC(C)(C)c1nc(-c2ccccc2)nc(-c2cccc(-c3ccco3)c2)n1. The number of benzene rings is 2. The lowest BCUT2D eigenvalue weighted by Gasteiger charge is -2.18. The van der Waals surface area contributed by atoms with Gasteiger partial charge in [0.1, 0.15) is 11.6 Å². The average molecular weight is 355 g/mol. The molecule has 0 saturated carbocycles. The van der Waals surface area contributed by atoms with E-state index in [1.54, 1.807) is 6.26 Å². The van der Waals surface area contributed by atoms with Crippen molar-refractivity contribution in [3.8, 4) is 34.1 Å². The van der Waals surface area contributed by atoms with Crippen LogP contribution in [-0.2, 0) is 5.41 Å². The minimum atomic E-state index is -0.181. The van der Waals surface area contributed by atoms with E-state index >= 15 is 0 Å². The standard InChI is InChI=1S/C23H21N3O/c1-23(2,3)22-25-20(16-9-5-4-6-10-16)24-21(26-22)18-12-7-11-17(15-18)19-13-8-14-27-19/h4-15H,1-3H3. The Bertz CT molecular complexity index is 1050. The van der Waals surface area contributed by atoms with Crippen molar-refractivity contribution >= 4 is 0 Å². The van der Waals surface area contributed by atoms with E-state index in [9.17, 15) is 0 Å². The largest absolute Gasteiger partial charge is 0.464 e. The summed E-state index contributed by atoms with van der Waals surface area (Å²) in [6, 6.07) is 21.9. The highest BCUT2D eigenvalue weighted by atomic mass is 16.3. The van der Waals surface area contributed by atoms with Gasteiger partial charge in [-0.2, -0.15) is 0 Å². The van der Waals surface area contributed by atoms with Crippen LogP contribution in [-0.4, -0.2) is 15.0 Å². The number of hydrogen-bond acceptors (Lipinski definition) is 4. The smallest absolute Gasteiger partial charge is 0.163 e. The van der Waals surface area contributed by atoms with Gasteiger partial charge in [-0.25, -0.2) is 15.0 Å². The third kappa shape index (κ3) is 3.65. The monoisotopic (exact) mass is 355 g/mol. The van der Waals surface area contributed by atoms with Crippen molar-refractivity contribution in [2.24, 2.45) is 0 Å². The van der Waals surface area contributed by atoms with Crippen LogP contribution in [0.2, 0.25) is 0 Å². The van der Waals surface area contributed by atoms with Crippen molar-refractivity contribution in [3.05, 3.63) is 78.8 Å². The van der Waals surface area contributed by atoms with Gasteiger partial charge in [-0.1, -0.05) is 69.3 Å². The molecule has 0 radical (unpaired) electrons. The van der Waals surface area contributed by atoms with Crippen molar-refractivity contribution in [2.45, 2.75) is 26.2 Å². The van der Waals surface area contributed by atoms with Crippen LogP contribution < -0.4 is 0 Å². The van der Waals surface area contributed by atoms with Crippen LogP contribution in [0.4, 0.5) is 0 Å². The summed E-state index contributed by atoms with van der Waals surface area (Å²) in [5.41, 5.74) is 2.74. The van der Waals surface area contributed by atoms with Gasteiger partial charge in [-0.15, -0.1) is 0 Å². The number of rotatable bonds is 3. The number of furan rings is 1. The Morgan fingerprint density at radius 3 is 2.00 bits per heavy atom. The minimum Gasteiger partial charge on any atom is -0.464 e. The molecule has 0 saturated heterocycles. The van der Waals surface area contributed by atoms with Crippen LogP contribution in [0.3, 0.4) is 0 Å². The molecule has 4 rings (SSSR count). The molecule has 0 aliphatic carbocycles. The lowest BCUT2D eigenvalue weighted by molar-refractivity contribution is 0.543. The van der Waals surface area contributed by atoms with Gasteiger partial charge in [0.05, 0.1) is 6.26 Å². The van der Waals surface area contributed by atoms with E-state index in [0.717, 1.165) is 28.3 Å². The van der Waals surface area contributed by atoms with E-state index in [2.05, 4.69) is 26.8 Å². The Hall–Kier alpha value is -3.27. The molecule has 134 valence electrons. The quantitative estimate of drug-likeness (QED) is 0.468. The molecule has 0 amide bonds. The maximum atomic E-state index is 5.53. The van der Waals surface area contributed by atoms with Crippen molar-refractivity contribution in [2.75, 3.05) is 0 Å². The molecule has 4 aromatic rings. The molecule has 0 bridgehead atoms. The molecular formula is C23H21N3O. The molecule has 27 heavy (non-hydrogen) atoms. The summed E-state index contributed by atoms with van der Waals surface area (Å²) in [5.74, 6) is 2.95. The molecule has 2 aromatic heterocycles. The predicted octanol–water partition coefficient (Wildman–Crippen LogP) is 5.76. The first-order valence-corrected chi connectivity index (χ1v) is 8.97. The molecule has 0 spiro atoms. The fraction of sp³-hybridized carbons (Fsp3) is 0.174. The molecular weight excluding hydrogens is 334 g/mol. The highest BCUT2D eigenvalue weighted by Crippen LogP contribution is 2.28. The summed E-state index contributed by atoms with van der Waals surface area (Å²) < 4.78 is 5.53. The van der Waals surface area contributed by atoms with Crippen LogP contribution in [0.5, 0.6) is 0 Å². The third-order valence-corrected chi connectivity index (χ3v) is 4.26. The molecule has 2 heterocycles. The summed E-state index contributed by atoms with van der Waals surface area (Å²) in [7, 11) is 0. The second kappa shape index (κ2) is 6.80. The number of aromatic nitrogens is 3. The molecule has 0 fully saturated rings. The Labute approximate surface area is 159 Å². The van der Waals surface area contributed by atoms with Gasteiger partial charge < -0.3 is 4.42 Å². The molecule has 4 nitrogen and oxygen atoms in total. The van der Waals surface area contributed by atoms with E-state index in [0.29, 0.717) is 11.6 Å². The highest BCUT2D eigenvalue weighted by Gasteiger charge is 2.21. The van der Waals surface area contributed by atoms with Crippen LogP contribution in [0.15, 0.2) is 77.4 Å². The van der Waals surface area contributed by atoms with E-state index < -0.39 is 0 Å². The second-order valence-electron chi connectivity index (χ2n) is 7.48. The normalized spacial score (nSPS) is 11.5. The van der Waals surface area contributed by atoms with E-state index in [-0.39, 0.29) is 5.41 Å². The Kier molecular flexibility index (Phi) is 4.32. The summed E-state index contributed by atoms with van der Waals surface area (Å²) in [4.78, 5) is 14.3. The Morgan fingerprint density at radius 1 is 0.667 bits per heavy atom. The summed E-state index contributed by atoms with van der Waals surface area (Å²) >= 11 is 0. The first-order chi connectivity index (χ1) is 13.0. The van der Waals surface area contributed by atoms with Gasteiger partial charge in [0.25, 0.3) is 0 Å². The molecule has 0 aliphatic rings. The van der Waals surface area contributed by atoms with Crippen molar-refractivity contribution in [3.63, 3.8) is 0 Å². The van der Waals surface area contributed by atoms with E-state index in [1.165, 1.54) is 0 Å². The van der Waals surface area contributed by atoms with Crippen LogP contribution >= 0.6 is 0 Å². The van der Waals surface area contributed by atoms with Crippen molar-refractivity contribution in [1.82, 2.24) is 15.0 Å². The predicted molar refractivity (Wildman–Crippen MR) is 107 cm³/mol. The molecule has 0 N–H and O–H groups in total. The van der Waals surface area contributed by atoms with E-state index in [1.807, 2.05) is 60.7 Å². The van der Waals surface area contributed by atoms with Crippen LogP contribution in [0, 0.1) is 0 Å². The lowest BCUT2D eigenvalue weighted by Crippen LogP contribution is -2.18. The zero-order valence-electron chi connectivity index (χ0n) is 15.7. The van der Waals surface area contributed by atoms with Gasteiger partial charge >= 0.3 is 0 Å². The van der Waals surface area contributed by atoms with E-state index in [4.69, 9.17) is 19.4 Å². The Balaban J connectivity index is 1.86. The van der Waals surface area contributed by atoms with Crippen molar-refractivity contribution in [1.29, 1.82) is 0 Å². The summed E-state index contributed by atoms with van der Waals surface area (Å²) in [6.45, 7) is 6.33. The average Bonchev–Trinajstić information content (AvgIpc) is 3.23. The lowest BCUT2D eigenvalue weighted by atomic mass is 9.95. The number of hydrogen-bond donors (Lipinski definition) is 0. The molecule has 0 aliphatic heterocycles. The second-order valence-corrected chi connectivity index (χ2v) is 7.48. The zero-order chi connectivity index (χ0) is 18.9. The molecule has 0 atom stereocenters. The first-order valence-electron chi connectivity index (χ1n) is 8.97. The highest BCUT2D eigenvalue weighted by molar-refractivity contribution is 5.68. The van der Waals surface area contributed by atoms with Crippen molar-refractivity contribution < 1.29 is 4.42 Å². The Morgan fingerprint density at radius 2 is 1.33 bits per heavy atom. The summed E-state index contributed by atoms with van der Waals surface area (Å²) in [6.07, 6.45) is 1.68. The third-order valence-electron chi connectivity index (χ3n) is 4.26. The fourth-order valence-electron chi connectivity index (χ4n) is 2.81. The maximum absolute atomic E-state index is 5.53. The minimum absolute atomic E-state index is 0.181.